The van der Waals surface area contributed by atoms with Gasteiger partial charge in [-0.3, -0.25) is 0 Å². The fourth-order valence-corrected chi connectivity index (χ4v) is 1.88. The molecular formula is C12H15NO. The van der Waals surface area contributed by atoms with Crippen molar-refractivity contribution in [3.05, 3.63) is 35.4 Å². The van der Waals surface area contributed by atoms with Gasteiger partial charge in [-0.2, -0.15) is 0 Å². The minimum Gasteiger partial charge on any atom is -0.481 e. The topological polar surface area (TPSA) is 21.6 Å². The molecule has 1 aromatic carbocycles. The second-order valence-corrected chi connectivity index (χ2v) is 4.27. The van der Waals surface area contributed by atoms with Crippen molar-refractivity contribution in [2.75, 3.05) is 7.11 Å². The fraction of sp³-hybridized carbons (Fsp3) is 0.417. The third-order valence-electron chi connectivity index (χ3n) is 2.47. The highest BCUT2D eigenvalue weighted by molar-refractivity contribution is 5.96. The highest BCUT2D eigenvalue weighted by Gasteiger charge is 2.26. The predicted molar refractivity (Wildman–Crippen MR) is 57.8 cm³/mol. The van der Waals surface area contributed by atoms with Crippen LogP contribution in [-0.4, -0.2) is 18.5 Å². The van der Waals surface area contributed by atoms with E-state index in [1.54, 1.807) is 7.11 Å². The van der Waals surface area contributed by atoms with E-state index >= 15 is 0 Å². The first kappa shape index (κ1) is 9.25. The van der Waals surface area contributed by atoms with E-state index in [0.29, 0.717) is 0 Å². The van der Waals surface area contributed by atoms with Crippen LogP contribution >= 0.6 is 0 Å². The van der Waals surface area contributed by atoms with Crippen molar-refractivity contribution in [1.82, 2.24) is 0 Å². The Labute approximate surface area is 84.6 Å². The molecule has 1 aliphatic rings. The average Bonchev–Trinajstić information content (AvgIpc) is 2.15. The van der Waals surface area contributed by atoms with Crippen molar-refractivity contribution < 1.29 is 4.74 Å². The molecule has 74 valence electrons. The minimum absolute atomic E-state index is 0.0420. The number of ether oxygens (including phenoxy) is 1. The van der Waals surface area contributed by atoms with Gasteiger partial charge in [-0.05, 0) is 31.9 Å². The van der Waals surface area contributed by atoms with E-state index < -0.39 is 0 Å². The molecule has 0 unspecified atom stereocenters. The molecule has 0 amide bonds. The van der Waals surface area contributed by atoms with E-state index in [4.69, 9.17) is 4.74 Å². The summed E-state index contributed by atoms with van der Waals surface area (Å²) in [5.41, 5.74) is 2.42. The van der Waals surface area contributed by atoms with Gasteiger partial charge in [-0.1, -0.05) is 18.2 Å². The number of aliphatic imine (C=N–C) groups is 1. The number of fused-ring (bicyclic) bond motifs is 1. The largest absolute Gasteiger partial charge is 0.481 e. The van der Waals surface area contributed by atoms with Gasteiger partial charge in [0.05, 0.1) is 12.6 Å². The Kier molecular flexibility index (Phi) is 2.06. The first-order valence-corrected chi connectivity index (χ1v) is 4.84. The van der Waals surface area contributed by atoms with Crippen molar-refractivity contribution >= 4 is 5.90 Å². The second-order valence-electron chi connectivity index (χ2n) is 4.27. The molecule has 0 aliphatic carbocycles. The van der Waals surface area contributed by atoms with Crippen LogP contribution in [0.4, 0.5) is 0 Å². The van der Waals surface area contributed by atoms with Crippen LogP contribution in [0, 0.1) is 0 Å². The maximum atomic E-state index is 5.30. The molecule has 2 heteroatoms. The van der Waals surface area contributed by atoms with Crippen molar-refractivity contribution in [1.29, 1.82) is 0 Å². The Balaban J connectivity index is 2.53. The van der Waals surface area contributed by atoms with E-state index in [1.807, 2.05) is 6.07 Å². The number of rotatable bonds is 0. The molecular weight excluding hydrogens is 174 g/mol. The number of methoxy groups -OCH3 is 1. The minimum atomic E-state index is -0.0420. The summed E-state index contributed by atoms with van der Waals surface area (Å²) < 4.78 is 5.30. The zero-order chi connectivity index (χ0) is 10.2. The van der Waals surface area contributed by atoms with Crippen LogP contribution in [0.2, 0.25) is 0 Å². The Morgan fingerprint density at radius 2 is 2.00 bits per heavy atom. The fourth-order valence-electron chi connectivity index (χ4n) is 1.88. The molecule has 14 heavy (non-hydrogen) atoms. The molecule has 0 spiro atoms. The van der Waals surface area contributed by atoms with Crippen molar-refractivity contribution in [2.45, 2.75) is 25.8 Å². The Hall–Kier alpha value is -1.31. The van der Waals surface area contributed by atoms with E-state index in [1.165, 1.54) is 5.56 Å². The first-order chi connectivity index (χ1) is 6.62. The summed E-state index contributed by atoms with van der Waals surface area (Å²) >= 11 is 0. The number of hydrogen-bond acceptors (Lipinski definition) is 2. The summed E-state index contributed by atoms with van der Waals surface area (Å²) in [5, 5.41) is 0. The molecule has 0 N–H and O–H groups in total. The Morgan fingerprint density at radius 1 is 1.29 bits per heavy atom. The molecule has 0 aromatic heterocycles. The lowest BCUT2D eigenvalue weighted by Crippen LogP contribution is -2.29. The maximum absolute atomic E-state index is 5.30. The summed E-state index contributed by atoms with van der Waals surface area (Å²) in [7, 11) is 1.68. The highest BCUT2D eigenvalue weighted by atomic mass is 16.5. The molecule has 2 nitrogen and oxygen atoms in total. The monoisotopic (exact) mass is 189 g/mol. The Morgan fingerprint density at radius 3 is 2.71 bits per heavy atom. The van der Waals surface area contributed by atoms with Crippen LogP contribution in [0.15, 0.2) is 29.3 Å². The van der Waals surface area contributed by atoms with E-state index in [2.05, 4.69) is 37.0 Å². The molecule has 1 aromatic rings. The lowest BCUT2D eigenvalue weighted by Gasteiger charge is -2.27. The third-order valence-corrected chi connectivity index (χ3v) is 2.47. The van der Waals surface area contributed by atoms with Gasteiger partial charge >= 0.3 is 0 Å². The molecule has 0 radical (unpaired) electrons. The molecule has 0 saturated heterocycles. The molecule has 1 heterocycles. The predicted octanol–water partition coefficient (Wildman–Crippen LogP) is 2.41. The van der Waals surface area contributed by atoms with Gasteiger partial charge < -0.3 is 4.74 Å². The van der Waals surface area contributed by atoms with E-state index in [9.17, 15) is 0 Å². The number of hydrogen-bond donors (Lipinski definition) is 0. The maximum Gasteiger partial charge on any atom is 0.216 e. The smallest absolute Gasteiger partial charge is 0.216 e. The summed E-state index contributed by atoms with van der Waals surface area (Å²) in [6.07, 6.45) is 0.982. The van der Waals surface area contributed by atoms with Crippen LogP contribution in [0.1, 0.15) is 25.0 Å². The van der Waals surface area contributed by atoms with Crippen molar-refractivity contribution in [3.8, 4) is 0 Å². The van der Waals surface area contributed by atoms with Crippen molar-refractivity contribution in [2.24, 2.45) is 4.99 Å². The third kappa shape index (κ3) is 1.52. The zero-order valence-electron chi connectivity index (χ0n) is 8.87. The Bertz CT molecular complexity index is 380. The first-order valence-electron chi connectivity index (χ1n) is 4.84. The molecule has 1 aliphatic heterocycles. The quantitative estimate of drug-likeness (QED) is 0.614. The summed E-state index contributed by atoms with van der Waals surface area (Å²) in [6, 6.07) is 8.29. The molecule has 0 atom stereocenters. The lowest BCUT2D eigenvalue weighted by atomic mass is 9.89. The van der Waals surface area contributed by atoms with Gasteiger partial charge in [-0.15, -0.1) is 0 Å². The molecule has 2 rings (SSSR count). The summed E-state index contributed by atoms with van der Waals surface area (Å²) in [5.74, 6) is 0.761. The van der Waals surface area contributed by atoms with Crippen molar-refractivity contribution in [3.63, 3.8) is 0 Å². The summed E-state index contributed by atoms with van der Waals surface area (Å²) in [4.78, 5) is 4.57. The normalized spacial score (nSPS) is 18.4. The standard InChI is InChI=1S/C12H15NO/c1-12(2)8-9-6-4-5-7-10(9)11(13-12)14-3/h4-7H,8H2,1-3H3. The van der Waals surface area contributed by atoms with Crippen LogP contribution < -0.4 is 0 Å². The average molecular weight is 189 g/mol. The second kappa shape index (κ2) is 3.12. The van der Waals surface area contributed by atoms with Crippen LogP contribution in [-0.2, 0) is 11.2 Å². The SMILES string of the molecule is COC1=NC(C)(C)Cc2ccccc21. The van der Waals surface area contributed by atoms with Gasteiger partial charge in [-0.25, -0.2) is 4.99 Å². The van der Waals surface area contributed by atoms with Gasteiger partial charge in [0.1, 0.15) is 0 Å². The molecule has 0 fully saturated rings. The van der Waals surface area contributed by atoms with Gasteiger partial charge in [0, 0.05) is 5.56 Å². The number of nitrogens with zero attached hydrogens (tertiary/aromatic N) is 1. The zero-order valence-corrected chi connectivity index (χ0v) is 8.87. The van der Waals surface area contributed by atoms with Gasteiger partial charge in [0.15, 0.2) is 0 Å². The van der Waals surface area contributed by atoms with Crippen LogP contribution in [0.5, 0.6) is 0 Å². The van der Waals surface area contributed by atoms with Gasteiger partial charge in [0.25, 0.3) is 0 Å². The van der Waals surface area contributed by atoms with Gasteiger partial charge in [0.2, 0.25) is 5.90 Å². The van der Waals surface area contributed by atoms with E-state index in [0.717, 1.165) is 17.9 Å². The number of benzene rings is 1. The van der Waals surface area contributed by atoms with Crippen LogP contribution in [0.25, 0.3) is 0 Å². The lowest BCUT2D eigenvalue weighted by molar-refractivity contribution is 0.380. The highest BCUT2D eigenvalue weighted by Crippen LogP contribution is 2.26. The summed E-state index contributed by atoms with van der Waals surface area (Å²) in [6.45, 7) is 4.25. The molecule has 0 saturated carbocycles. The van der Waals surface area contributed by atoms with Crippen LogP contribution in [0.3, 0.4) is 0 Å². The molecule has 0 bridgehead atoms. The van der Waals surface area contributed by atoms with E-state index in [-0.39, 0.29) is 5.54 Å².